The quantitative estimate of drug-likeness (QED) is 0.193. The number of dihydropyridines is 1. The fraction of sp³-hybridized carbons (Fsp3) is 0.0476. The number of nitriles is 2. The highest BCUT2D eigenvalue weighted by atomic mass is 14.7. The number of hydrogen-bond acceptors (Lipinski definition) is 4. The van der Waals surface area contributed by atoms with Crippen LogP contribution in [0.1, 0.15) is 17.7 Å². The maximum absolute atomic E-state index is 9.29. The van der Waals surface area contributed by atoms with Gasteiger partial charge in [0.1, 0.15) is 23.5 Å². The van der Waals surface area contributed by atoms with Crippen molar-refractivity contribution in [2.24, 2.45) is 4.99 Å². The van der Waals surface area contributed by atoms with Crippen molar-refractivity contribution in [3.8, 4) is 45.5 Å². The zero-order chi connectivity index (χ0) is 31.0. The minimum absolute atomic E-state index is 0.413. The van der Waals surface area contributed by atoms with Crippen LogP contribution in [0.15, 0.2) is 139 Å². The third-order valence-corrected chi connectivity index (χ3v) is 8.94. The molecule has 1 aromatic heterocycles. The first kappa shape index (κ1) is 27.2. The van der Waals surface area contributed by atoms with Crippen LogP contribution >= 0.6 is 0 Å². The van der Waals surface area contributed by atoms with Gasteiger partial charge in [-0.3, -0.25) is 4.99 Å². The summed E-state index contributed by atoms with van der Waals surface area (Å²) in [6.45, 7) is 0.655. The lowest BCUT2D eigenvalue weighted by Gasteiger charge is -2.14. The highest BCUT2D eigenvalue weighted by molar-refractivity contribution is 6.26. The Morgan fingerprint density at radius 3 is 1.52 bits per heavy atom. The van der Waals surface area contributed by atoms with Crippen molar-refractivity contribution in [1.29, 1.82) is 10.5 Å². The van der Waals surface area contributed by atoms with E-state index < -0.39 is 0 Å². The van der Waals surface area contributed by atoms with Crippen LogP contribution in [0.3, 0.4) is 0 Å². The Hall–Kier alpha value is -6.36. The van der Waals surface area contributed by atoms with E-state index in [2.05, 4.69) is 131 Å². The molecule has 0 saturated heterocycles. The molecule has 0 spiro atoms. The van der Waals surface area contributed by atoms with E-state index in [9.17, 15) is 10.5 Å². The molecular weight excluding hydrogens is 560 g/mol. The van der Waals surface area contributed by atoms with Crippen molar-refractivity contribution < 1.29 is 0 Å². The molecule has 0 aliphatic carbocycles. The third-order valence-electron chi connectivity index (χ3n) is 8.94. The van der Waals surface area contributed by atoms with E-state index in [0.29, 0.717) is 18.0 Å². The van der Waals surface area contributed by atoms with Crippen molar-refractivity contribution in [2.75, 3.05) is 6.54 Å². The lowest BCUT2D eigenvalue weighted by molar-refractivity contribution is 1.01. The van der Waals surface area contributed by atoms with E-state index in [-0.39, 0.29) is 0 Å². The molecule has 2 heterocycles. The lowest BCUT2D eigenvalue weighted by atomic mass is 9.90. The van der Waals surface area contributed by atoms with E-state index in [0.717, 1.165) is 50.9 Å². The number of benzene rings is 6. The van der Waals surface area contributed by atoms with Gasteiger partial charge in [0, 0.05) is 12.7 Å². The van der Waals surface area contributed by atoms with E-state index in [1.807, 2.05) is 18.2 Å². The highest BCUT2D eigenvalue weighted by Gasteiger charge is 2.13. The van der Waals surface area contributed by atoms with E-state index >= 15 is 0 Å². The second kappa shape index (κ2) is 11.3. The molecule has 0 bridgehead atoms. The number of aromatic nitrogens is 1. The zero-order valence-electron chi connectivity index (χ0n) is 24.9. The number of hydrogen-bond donors (Lipinski definition) is 0. The van der Waals surface area contributed by atoms with Crippen LogP contribution in [0, 0.1) is 22.7 Å². The minimum atomic E-state index is 0.413. The molecule has 0 radical (unpaired) electrons. The monoisotopic (exact) mass is 586 g/mol. The Morgan fingerprint density at radius 2 is 0.978 bits per heavy atom. The van der Waals surface area contributed by atoms with E-state index in [1.54, 1.807) is 6.20 Å². The van der Waals surface area contributed by atoms with Crippen molar-refractivity contribution in [2.45, 2.75) is 6.42 Å². The Morgan fingerprint density at radius 1 is 0.478 bits per heavy atom. The lowest BCUT2D eigenvalue weighted by Crippen LogP contribution is -2.02. The fourth-order valence-corrected chi connectivity index (χ4v) is 6.59. The Labute approximate surface area is 266 Å². The Balaban J connectivity index is 1.23. The average Bonchev–Trinajstić information content (AvgIpc) is 3.14. The molecule has 214 valence electrons. The predicted octanol–water partition coefficient (Wildman–Crippen LogP) is 10.2. The first-order valence-corrected chi connectivity index (χ1v) is 15.3. The van der Waals surface area contributed by atoms with Crippen molar-refractivity contribution in [3.63, 3.8) is 0 Å². The van der Waals surface area contributed by atoms with Crippen LogP contribution in [-0.4, -0.2) is 17.2 Å². The number of pyridine rings is 1. The molecule has 0 N–H and O–H groups in total. The smallest absolute Gasteiger partial charge is 0.141 e. The molecule has 1 aliphatic heterocycles. The van der Waals surface area contributed by atoms with Gasteiger partial charge in [0.2, 0.25) is 0 Å². The minimum Gasteiger partial charge on any atom is -0.274 e. The first-order valence-electron chi connectivity index (χ1n) is 15.3. The molecule has 8 rings (SSSR count). The standard InChI is InChI=1S/C42H26N4/c43-25-35-21-33(17-19-45-35)29-9-5-27(6-10-29)31-13-15-39-37-3-1-2-4-38(37)40-16-14-32(24-42(40)41(39)23-31)28-7-11-30(12-8-28)34-18-20-46-36(22-34)26-44/h1-17,19,21-24H,18,20H2. The maximum Gasteiger partial charge on any atom is 0.141 e. The van der Waals surface area contributed by atoms with Gasteiger partial charge >= 0.3 is 0 Å². The molecular formula is C42H26N4. The second-order valence-corrected chi connectivity index (χ2v) is 11.6. The SMILES string of the molecule is N#CC1=NCCC(c2ccc(-c3ccc4c5ccccc5c5ccc(-c6ccc(-c7ccnc(C#N)c7)cc6)cc5c4c3)cc2)=C1. The third kappa shape index (κ3) is 4.80. The molecule has 6 aromatic carbocycles. The topological polar surface area (TPSA) is 72.8 Å². The number of fused-ring (bicyclic) bond motifs is 6. The van der Waals surface area contributed by atoms with Gasteiger partial charge < -0.3 is 0 Å². The number of aliphatic imine (C=N–C) groups is 1. The molecule has 46 heavy (non-hydrogen) atoms. The largest absolute Gasteiger partial charge is 0.274 e. The summed E-state index contributed by atoms with van der Waals surface area (Å²) in [7, 11) is 0. The molecule has 0 fully saturated rings. The Bertz CT molecular complexity index is 2470. The highest BCUT2D eigenvalue weighted by Crippen LogP contribution is 2.39. The van der Waals surface area contributed by atoms with Gasteiger partial charge in [-0.05, 0) is 114 Å². The predicted molar refractivity (Wildman–Crippen MR) is 188 cm³/mol. The van der Waals surface area contributed by atoms with Crippen LogP contribution in [0.25, 0.3) is 71.3 Å². The summed E-state index contributed by atoms with van der Waals surface area (Å²) in [6, 6.07) is 47.4. The summed E-state index contributed by atoms with van der Waals surface area (Å²) in [4.78, 5) is 8.38. The van der Waals surface area contributed by atoms with Gasteiger partial charge in [-0.1, -0.05) is 97.1 Å². The first-order chi connectivity index (χ1) is 22.7. The molecule has 0 atom stereocenters. The van der Waals surface area contributed by atoms with Gasteiger partial charge in [0.15, 0.2) is 0 Å². The molecule has 0 amide bonds. The average molecular weight is 587 g/mol. The molecule has 4 nitrogen and oxygen atoms in total. The van der Waals surface area contributed by atoms with E-state index in [4.69, 9.17) is 0 Å². The van der Waals surface area contributed by atoms with E-state index in [1.165, 1.54) is 32.3 Å². The van der Waals surface area contributed by atoms with Gasteiger partial charge in [0.05, 0.1) is 0 Å². The van der Waals surface area contributed by atoms with Crippen molar-refractivity contribution in [1.82, 2.24) is 4.98 Å². The van der Waals surface area contributed by atoms with Crippen LogP contribution < -0.4 is 0 Å². The summed E-state index contributed by atoms with van der Waals surface area (Å²) >= 11 is 0. The van der Waals surface area contributed by atoms with Gasteiger partial charge in [-0.15, -0.1) is 0 Å². The van der Waals surface area contributed by atoms with Crippen LogP contribution in [0.2, 0.25) is 0 Å². The maximum atomic E-state index is 9.29. The van der Waals surface area contributed by atoms with Crippen molar-refractivity contribution in [3.05, 3.63) is 145 Å². The molecule has 1 aliphatic rings. The summed E-state index contributed by atoms with van der Waals surface area (Å²) < 4.78 is 0. The fourth-order valence-electron chi connectivity index (χ4n) is 6.59. The number of nitrogens with zero attached hydrogens (tertiary/aromatic N) is 4. The molecule has 0 saturated carbocycles. The second-order valence-electron chi connectivity index (χ2n) is 11.6. The number of allylic oxidation sites excluding steroid dienone is 1. The van der Waals surface area contributed by atoms with Crippen LogP contribution in [-0.2, 0) is 0 Å². The van der Waals surface area contributed by atoms with Crippen molar-refractivity contribution >= 4 is 43.6 Å². The van der Waals surface area contributed by atoms with Crippen LogP contribution in [0.5, 0.6) is 0 Å². The number of rotatable bonds is 4. The van der Waals surface area contributed by atoms with Gasteiger partial charge in [-0.2, -0.15) is 10.5 Å². The molecule has 7 aromatic rings. The van der Waals surface area contributed by atoms with Crippen LogP contribution in [0.4, 0.5) is 0 Å². The van der Waals surface area contributed by atoms with Gasteiger partial charge in [0.25, 0.3) is 0 Å². The molecule has 4 heteroatoms. The molecule has 0 unspecified atom stereocenters. The zero-order valence-corrected chi connectivity index (χ0v) is 24.9. The normalized spacial score (nSPS) is 12.8. The summed E-state index contributed by atoms with van der Waals surface area (Å²) in [5.74, 6) is 0. The summed E-state index contributed by atoms with van der Waals surface area (Å²) in [5.41, 5.74) is 9.83. The Kier molecular flexibility index (Phi) is 6.68. The van der Waals surface area contributed by atoms with Gasteiger partial charge in [-0.25, -0.2) is 4.98 Å². The summed E-state index contributed by atoms with van der Waals surface area (Å²) in [6.07, 6.45) is 4.43. The summed E-state index contributed by atoms with van der Waals surface area (Å²) in [5, 5.41) is 26.0.